The first-order valence-corrected chi connectivity index (χ1v) is 6.21. The van der Waals surface area contributed by atoms with Gasteiger partial charge in [0.25, 0.3) is 0 Å². The minimum atomic E-state index is 0.701. The van der Waals surface area contributed by atoms with Gasteiger partial charge in [-0.05, 0) is 32.4 Å². The van der Waals surface area contributed by atoms with E-state index in [9.17, 15) is 0 Å². The van der Waals surface area contributed by atoms with E-state index < -0.39 is 0 Å². The second kappa shape index (κ2) is 7.17. The highest BCUT2D eigenvalue weighted by Crippen LogP contribution is 2.24. The molecule has 0 N–H and O–H groups in total. The number of likely N-dealkylation sites (N-methyl/N-ethyl adjacent to an activating group) is 1. The van der Waals surface area contributed by atoms with Gasteiger partial charge < -0.3 is 14.4 Å². The Balaban J connectivity index is 2.66. The Morgan fingerprint density at radius 1 is 1.18 bits per heavy atom. The molecule has 0 heterocycles. The molecular formula is C14H23NO2. The van der Waals surface area contributed by atoms with E-state index in [1.165, 1.54) is 11.3 Å². The van der Waals surface area contributed by atoms with Gasteiger partial charge in [0.2, 0.25) is 0 Å². The molecule has 0 radical (unpaired) electrons. The van der Waals surface area contributed by atoms with Gasteiger partial charge in [0, 0.05) is 32.0 Å². The lowest BCUT2D eigenvalue weighted by atomic mass is 10.2. The van der Waals surface area contributed by atoms with Gasteiger partial charge in [-0.15, -0.1) is 0 Å². The summed E-state index contributed by atoms with van der Waals surface area (Å²) in [6.45, 7) is 9.20. The van der Waals surface area contributed by atoms with Crippen molar-refractivity contribution in [2.75, 3.05) is 38.3 Å². The first kappa shape index (κ1) is 13.8. The summed E-state index contributed by atoms with van der Waals surface area (Å²) < 4.78 is 10.9. The zero-order chi connectivity index (χ0) is 12.7. The predicted octanol–water partition coefficient (Wildman–Crippen LogP) is 2.87. The van der Waals surface area contributed by atoms with Crippen LogP contribution in [0, 0.1) is 6.92 Å². The van der Waals surface area contributed by atoms with Gasteiger partial charge in [-0.3, -0.25) is 0 Å². The van der Waals surface area contributed by atoms with Crippen molar-refractivity contribution < 1.29 is 9.47 Å². The summed E-state index contributed by atoms with van der Waals surface area (Å²) in [5, 5.41) is 0. The lowest BCUT2D eigenvalue weighted by Crippen LogP contribution is -2.22. The van der Waals surface area contributed by atoms with Crippen LogP contribution in [0.15, 0.2) is 18.2 Å². The Kier molecular flexibility index (Phi) is 5.84. The van der Waals surface area contributed by atoms with E-state index in [0.717, 1.165) is 25.5 Å². The van der Waals surface area contributed by atoms with Crippen LogP contribution < -0.4 is 9.64 Å². The van der Waals surface area contributed by atoms with Crippen molar-refractivity contribution in [2.45, 2.75) is 20.8 Å². The Morgan fingerprint density at radius 3 is 2.59 bits per heavy atom. The molecule has 0 saturated heterocycles. The number of anilines is 1. The van der Waals surface area contributed by atoms with E-state index in [-0.39, 0.29) is 0 Å². The maximum Gasteiger partial charge on any atom is 0.124 e. The van der Waals surface area contributed by atoms with Crippen molar-refractivity contribution in [3.05, 3.63) is 23.8 Å². The third-order valence-electron chi connectivity index (χ3n) is 2.69. The monoisotopic (exact) mass is 237 g/mol. The van der Waals surface area contributed by atoms with E-state index in [1.54, 1.807) is 0 Å². The highest BCUT2D eigenvalue weighted by Gasteiger charge is 2.05. The van der Waals surface area contributed by atoms with Crippen molar-refractivity contribution in [1.82, 2.24) is 0 Å². The van der Waals surface area contributed by atoms with Crippen LogP contribution in [0.4, 0.5) is 5.69 Å². The average Bonchev–Trinajstić information content (AvgIpc) is 2.32. The molecule has 0 unspecified atom stereocenters. The topological polar surface area (TPSA) is 21.7 Å². The lowest BCUT2D eigenvalue weighted by Gasteiger charge is -2.20. The molecule has 1 rings (SSSR count). The summed E-state index contributed by atoms with van der Waals surface area (Å²) >= 11 is 0. The molecular weight excluding hydrogens is 214 g/mol. The van der Waals surface area contributed by atoms with Crippen molar-refractivity contribution in [2.24, 2.45) is 0 Å². The number of rotatable bonds is 7. The second-order valence-electron chi connectivity index (χ2n) is 4.00. The number of hydrogen-bond acceptors (Lipinski definition) is 3. The standard InChI is InChI=1S/C14H23NO2/c1-5-16-10-9-15(4)13-8-7-12(3)14(11-13)17-6-2/h7-8,11H,5-6,9-10H2,1-4H3. The largest absolute Gasteiger partial charge is 0.494 e. The minimum absolute atomic E-state index is 0.701. The molecule has 1 aromatic rings. The minimum Gasteiger partial charge on any atom is -0.494 e. The van der Waals surface area contributed by atoms with E-state index in [4.69, 9.17) is 9.47 Å². The normalized spacial score (nSPS) is 10.4. The number of ether oxygens (including phenoxy) is 2. The van der Waals surface area contributed by atoms with Gasteiger partial charge in [0.1, 0.15) is 5.75 Å². The van der Waals surface area contributed by atoms with Crippen LogP contribution in [-0.2, 0) is 4.74 Å². The quantitative estimate of drug-likeness (QED) is 0.681. The second-order valence-corrected chi connectivity index (χ2v) is 4.00. The molecule has 0 atom stereocenters. The van der Waals surface area contributed by atoms with E-state index in [2.05, 4.69) is 37.1 Å². The van der Waals surface area contributed by atoms with Crippen molar-refractivity contribution in [3.63, 3.8) is 0 Å². The third-order valence-corrected chi connectivity index (χ3v) is 2.69. The predicted molar refractivity (Wildman–Crippen MR) is 72.1 cm³/mol. The molecule has 96 valence electrons. The molecule has 0 spiro atoms. The molecule has 0 amide bonds. The van der Waals surface area contributed by atoms with Crippen molar-refractivity contribution in [3.8, 4) is 5.75 Å². The van der Waals surface area contributed by atoms with Gasteiger partial charge in [0.05, 0.1) is 13.2 Å². The number of hydrogen-bond donors (Lipinski definition) is 0. The first-order chi connectivity index (χ1) is 8.19. The Labute approximate surface area is 104 Å². The van der Waals surface area contributed by atoms with E-state index in [0.29, 0.717) is 6.61 Å². The van der Waals surface area contributed by atoms with Gasteiger partial charge in [-0.1, -0.05) is 6.07 Å². The number of nitrogens with zero attached hydrogens (tertiary/aromatic N) is 1. The molecule has 0 saturated carbocycles. The van der Waals surface area contributed by atoms with Crippen molar-refractivity contribution in [1.29, 1.82) is 0 Å². The molecule has 0 aliphatic rings. The fourth-order valence-electron chi connectivity index (χ4n) is 1.61. The summed E-state index contributed by atoms with van der Waals surface area (Å²) in [6.07, 6.45) is 0. The number of benzene rings is 1. The summed E-state index contributed by atoms with van der Waals surface area (Å²) in [7, 11) is 2.07. The maximum absolute atomic E-state index is 5.60. The smallest absolute Gasteiger partial charge is 0.124 e. The average molecular weight is 237 g/mol. The first-order valence-electron chi connectivity index (χ1n) is 6.21. The Morgan fingerprint density at radius 2 is 1.94 bits per heavy atom. The molecule has 0 aliphatic heterocycles. The van der Waals surface area contributed by atoms with E-state index >= 15 is 0 Å². The molecule has 0 fully saturated rings. The van der Waals surface area contributed by atoms with Gasteiger partial charge in [0.15, 0.2) is 0 Å². The Hall–Kier alpha value is -1.22. The SMILES string of the molecule is CCOCCN(C)c1ccc(C)c(OCC)c1. The van der Waals surface area contributed by atoms with Crippen LogP contribution in [0.5, 0.6) is 5.75 Å². The Bertz CT molecular complexity index is 339. The summed E-state index contributed by atoms with van der Waals surface area (Å²) in [5.74, 6) is 0.966. The van der Waals surface area contributed by atoms with Gasteiger partial charge in [-0.25, -0.2) is 0 Å². The summed E-state index contributed by atoms with van der Waals surface area (Å²) in [4.78, 5) is 2.18. The molecule has 3 nitrogen and oxygen atoms in total. The summed E-state index contributed by atoms with van der Waals surface area (Å²) in [6, 6.07) is 6.30. The maximum atomic E-state index is 5.60. The van der Waals surface area contributed by atoms with E-state index in [1.807, 2.05) is 13.8 Å². The highest BCUT2D eigenvalue weighted by atomic mass is 16.5. The summed E-state index contributed by atoms with van der Waals surface area (Å²) in [5.41, 5.74) is 2.34. The molecule has 0 bridgehead atoms. The lowest BCUT2D eigenvalue weighted by molar-refractivity contribution is 0.154. The molecule has 17 heavy (non-hydrogen) atoms. The van der Waals surface area contributed by atoms with Crippen LogP contribution in [-0.4, -0.2) is 33.4 Å². The highest BCUT2D eigenvalue weighted by molar-refractivity contribution is 5.53. The molecule has 0 aliphatic carbocycles. The fourth-order valence-corrected chi connectivity index (χ4v) is 1.61. The number of aryl methyl sites for hydroxylation is 1. The fraction of sp³-hybridized carbons (Fsp3) is 0.571. The van der Waals surface area contributed by atoms with Crippen LogP contribution in [0.25, 0.3) is 0 Å². The van der Waals surface area contributed by atoms with Crippen molar-refractivity contribution >= 4 is 5.69 Å². The molecule has 0 aromatic heterocycles. The van der Waals surface area contributed by atoms with Gasteiger partial charge >= 0.3 is 0 Å². The van der Waals surface area contributed by atoms with Crippen LogP contribution in [0.1, 0.15) is 19.4 Å². The molecule has 1 aromatic carbocycles. The van der Waals surface area contributed by atoms with Crippen LogP contribution in [0.3, 0.4) is 0 Å². The zero-order valence-corrected chi connectivity index (χ0v) is 11.3. The zero-order valence-electron chi connectivity index (χ0n) is 11.3. The third kappa shape index (κ3) is 4.27. The van der Waals surface area contributed by atoms with Crippen LogP contribution in [0.2, 0.25) is 0 Å². The molecule has 3 heteroatoms. The van der Waals surface area contributed by atoms with Crippen LogP contribution >= 0.6 is 0 Å². The van der Waals surface area contributed by atoms with Gasteiger partial charge in [-0.2, -0.15) is 0 Å².